The van der Waals surface area contributed by atoms with Gasteiger partial charge in [-0.2, -0.15) is 4.98 Å². The lowest BCUT2D eigenvalue weighted by Crippen LogP contribution is -2.03. The molecule has 12 aromatic heterocycles. The third-order valence-corrected chi connectivity index (χ3v) is 34.8. The van der Waals surface area contributed by atoms with E-state index in [0.29, 0.717) is 23.6 Å². The molecule has 0 aliphatic carbocycles. The Morgan fingerprint density at radius 1 is 0.177 bits per heavy atom. The molecule has 0 N–H and O–H groups in total. The fourth-order valence-corrected chi connectivity index (χ4v) is 29.3. The number of thiophene rings is 5. The van der Waals surface area contributed by atoms with Crippen molar-refractivity contribution in [1.29, 1.82) is 0 Å². The lowest BCUT2D eigenvalue weighted by molar-refractivity contribution is 0.651. The fourth-order valence-electron chi connectivity index (χ4n) is 22.9. The number of nitrogens with zero attached hydrogens (tertiary/aromatic N) is 9. The van der Waals surface area contributed by atoms with Gasteiger partial charge in [0.15, 0.2) is 0 Å². The molecule has 0 spiro atoms. The van der Waals surface area contributed by atoms with E-state index >= 15 is 0 Å². The molecule has 0 saturated carbocycles. The minimum Gasteiger partial charge on any atom is -0.437 e. The molecule has 0 radical (unpaired) electrons. The van der Waals surface area contributed by atoms with Crippen molar-refractivity contribution in [1.82, 2.24) is 43.6 Å². The SMILES string of the molecule is c1ccc(-c2nc(-n3c4ccccc4c4c5sc6ccccc6c5c5ccccc5c43)nc3c2sc2c4ccccc4c4ccccc4c32)cc1.c1ccc(-c2nc(-n3c4ccccc4c4c5sc6ccccc6c5c5ccccc5c43)nc3c2sc2c4ccccc4ccc32)cc1.c1ccc(-c2nc(-n3c4ccccc4c4c5sc6ccccc6c5c5ccccc5c43)nc3oc4ccccc4c23)cc1. The van der Waals surface area contributed by atoms with Crippen LogP contribution in [0.5, 0.6) is 0 Å². The van der Waals surface area contributed by atoms with Crippen LogP contribution in [0.3, 0.4) is 0 Å². The standard InChI is InChI=1S/C46H25N3S2.C42H23N3S2.C38H21N3OS/c1-2-14-26(15-3-1)40-45-41(38-29-18-6-4-16-27(29)28-17-5-9-21-32(28)43(38)51-45)48-46(47-40)49-35-24-12-10-22-33(35)39-42(49)31-20-8-7-19-30(31)37-34-23-11-13-25-36(34)50-44(37)39;1-2-13-25(14-3-1)36-41-37(31-23-22-24-12-4-5-15-26(24)39(31)47-41)44-42(43-36)45-32-20-10-8-18-29(32)35-38(45)28-17-7-6-16-27(28)34-30-19-9-11-21-33(30)46-40(34)35;1-2-12-22(13-3-1)34-32-26-17-7-10-20-29(26)42-37(32)40-38(39-34)41-28-19-9-6-16-25(28)33-35(41)24-15-5-4-14-23(24)31-27-18-8-11-21-30(27)43-36(31)33/h1-25H;1-23H;1-21H. The van der Waals surface area contributed by atoms with Crippen LogP contribution < -0.4 is 0 Å². The summed E-state index contributed by atoms with van der Waals surface area (Å²) in [4.78, 5) is 32.7. The summed E-state index contributed by atoms with van der Waals surface area (Å²) in [5.74, 6) is 1.98. The highest BCUT2D eigenvalue weighted by molar-refractivity contribution is 7.29. The van der Waals surface area contributed by atoms with E-state index in [-0.39, 0.29) is 0 Å². The quantitative estimate of drug-likeness (QED) is 0.153. The van der Waals surface area contributed by atoms with Crippen LogP contribution in [0.15, 0.2) is 423 Å². The second kappa shape index (κ2) is 30.6. The zero-order valence-electron chi connectivity index (χ0n) is 74.8. The van der Waals surface area contributed by atoms with Crippen molar-refractivity contribution >= 4 is 310 Å². The fraction of sp³-hybridized carbons (Fsp3) is 0. The van der Waals surface area contributed by atoms with Gasteiger partial charge in [0, 0.05) is 157 Å². The Kier molecular flexibility index (Phi) is 17.1. The topological polar surface area (TPSA) is 105 Å². The third-order valence-electron chi connectivity index (χ3n) is 28.8. The van der Waals surface area contributed by atoms with E-state index in [1.54, 1.807) is 11.3 Å². The zero-order chi connectivity index (χ0) is 91.9. The molecule has 141 heavy (non-hydrogen) atoms. The molecule has 12 heterocycles. The Labute approximate surface area is 821 Å². The predicted octanol–water partition coefficient (Wildman–Crippen LogP) is 36.4. The molecule has 0 fully saturated rings. The number of hydrogen-bond donors (Lipinski definition) is 0. The minimum absolute atomic E-state index is 0.586. The molecule has 0 amide bonds. The highest BCUT2D eigenvalue weighted by Gasteiger charge is 2.32. The molecular weight excluding hydrogens is 1820 g/mol. The summed E-state index contributed by atoms with van der Waals surface area (Å²) >= 11 is 9.25. The maximum Gasteiger partial charge on any atom is 0.238 e. The first kappa shape index (κ1) is 78.9. The van der Waals surface area contributed by atoms with Gasteiger partial charge < -0.3 is 4.42 Å². The van der Waals surface area contributed by atoms with Crippen LogP contribution in [0.2, 0.25) is 0 Å². The molecule has 10 nitrogen and oxygen atoms in total. The number of para-hydroxylation sites is 4. The summed E-state index contributed by atoms with van der Waals surface area (Å²) in [6, 6.07) is 149. The second-order valence-corrected chi connectivity index (χ2v) is 41.5. The lowest BCUT2D eigenvalue weighted by Gasteiger charge is -2.12. The Bertz CT molecular complexity index is 11200. The van der Waals surface area contributed by atoms with Gasteiger partial charge in [0.25, 0.3) is 0 Å². The monoisotopic (exact) mass is 1880 g/mol. The summed E-state index contributed by atoms with van der Waals surface area (Å²) in [7, 11) is 0. The van der Waals surface area contributed by atoms with E-state index in [2.05, 4.69) is 408 Å². The van der Waals surface area contributed by atoms with Crippen molar-refractivity contribution in [3.05, 3.63) is 419 Å². The van der Waals surface area contributed by atoms with Gasteiger partial charge in [0.05, 0.1) is 76.0 Å². The van der Waals surface area contributed by atoms with E-state index in [4.69, 9.17) is 34.3 Å². The first-order valence-corrected chi connectivity index (χ1v) is 51.4. The normalized spacial score (nSPS) is 12.3. The Morgan fingerprint density at radius 2 is 0.504 bits per heavy atom. The number of aromatic nitrogens is 9. The maximum atomic E-state index is 6.41. The number of benzene rings is 21. The second-order valence-electron chi connectivity index (χ2n) is 36.3. The van der Waals surface area contributed by atoms with Crippen molar-refractivity contribution in [3.8, 4) is 51.6 Å². The zero-order valence-corrected chi connectivity index (χ0v) is 78.9. The molecule has 0 bridgehead atoms. The van der Waals surface area contributed by atoms with Crippen LogP contribution in [-0.2, 0) is 0 Å². The largest absolute Gasteiger partial charge is 0.437 e. The van der Waals surface area contributed by atoms with Gasteiger partial charge in [-0.25, -0.2) is 24.9 Å². The van der Waals surface area contributed by atoms with Gasteiger partial charge in [-0.05, 0) is 85.6 Å². The summed E-state index contributed by atoms with van der Waals surface area (Å²) in [6.45, 7) is 0. The van der Waals surface area contributed by atoms with Crippen LogP contribution in [0.1, 0.15) is 0 Å². The summed E-state index contributed by atoms with van der Waals surface area (Å²) in [5, 5.41) is 34.4. The number of fused-ring (bicyclic) bond motifs is 46. The van der Waals surface area contributed by atoms with Gasteiger partial charge >= 0.3 is 0 Å². The van der Waals surface area contributed by atoms with Crippen molar-refractivity contribution in [2.45, 2.75) is 0 Å². The van der Waals surface area contributed by atoms with Crippen molar-refractivity contribution < 1.29 is 4.42 Å². The van der Waals surface area contributed by atoms with Crippen LogP contribution in [0.25, 0.3) is 305 Å². The number of rotatable bonds is 6. The van der Waals surface area contributed by atoms with Gasteiger partial charge in [-0.1, -0.05) is 376 Å². The number of hydrogen-bond acceptors (Lipinski definition) is 12. The molecule has 654 valence electrons. The van der Waals surface area contributed by atoms with E-state index < -0.39 is 0 Å². The van der Waals surface area contributed by atoms with Crippen molar-refractivity contribution in [2.24, 2.45) is 0 Å². The summed E-state index contributed by atoms with van der Waals surface area (Å²) in [6.07, 6.45) is 0. The Hall–Kier alpha value is -17.3. The Balaban J connectivity index is 0.0000000976. The Morgan fingerprint density at radius 3 is 0.972 bits per heavy atom. The summed E-state index contributed by atoms with van der Waals surface area (Å²) < 4.78 is 25.9. The van der Waals surface area contributed by atoms with Crippen LogP contribution in [0.4, 0.5) is 0 Å². The first-order chi connectivity index (χ1) is 70.0. The highest BCUT2D eigenvalue weighted by Crippen LogP contribution is 2.55. The minimum atomic E-state index is 0.586. The molecule has 0 atom stereocenters. The molecule has 33 rings (SSSR count). The lowest BCUT2D eigenvalue weighted by atomic mass is 9.98. The van der Waals surface area contributed by atoms with Crippen LogP contribution >= 0.6 is 56.7 Å². The average Bonchev–Trinajstić information content (AvgIpc) is 1.54. The molecule has 0 aliphatic heterocycles. The third kappa shape index (κ3) is 11.5. The van der Waals surface area contributed by atoms with Crippen molar-refractivity contribution in [2.75, 3.05) is 0 Å². The molecule has 0 unspecified atom stereocenters. The van der Waals surface area contributed by atoms with Crippen LogP contribution in [0, 0.1) is 0 Å². The van der Waals surface area contributed by atoms with Crippen LogP contribution in [-0.4, -0.2) is 43.6 Å². The molecule has 0 saturated heterocycles. The van der Waals surface area contributed by atoms with E-state index in [1.807, 2.05) is 69.6 Å². The predicted molar refractivity (Wildman–Crippen MR) is 602 cm³/mol. The summed E-state index contributed by atoms with van der Waals surface area (Å²) in [5.41, 5.74) is 16.1. The van der Waals surface area contributed by atoms with Gasteiger partial charge in [0.2, 0.25) is 23.6 Å². The number of furan rings is 1. The van der Waals surface area contributed by atoms with E-state index in [1.165, 1.54) is 178 Å². The molecule has 33 aromatic rings. The van der Waals surface area contributed by atoms with Gasteiger partial charge in [0.1, 0.15) is 5.58 Å². The molecule has 0 aliphatic rings. The van der Waals surface area contributed by atoms with Gasteiger partial charge in [-0.3, -0.25) is 13.7 Å². The van der Waals surface area contributed by atoms with Crippen molar-refractivity contribution in [3.63, 3.8) is 0 Å². The first-order valence-electron chi connectivity index (χ1n) is 47.3. The van der Waals surface area contributed by atoms with Gasteiger partial charge in [-0.15, -0.1) is 56.7 Å². The molecular formula is C126H69N9OS5. The highest BCUT2D eigenvalue weighted by atomic mass is 32.1. The average molecular weight is 1890 g/mol. The molecule has 21 aromatic carbocycles. The van der Waals surface area contributed by atoms with E-state index in [0.717, 1.165) is 104 Å². The maximum absolute atomic E-state index is 6.41. The molecule has 15 heteroatoms. The smallest absolute Gasteiger partial charge is 0.238 e. The van der Waals surface area contributed by atoms with E-state index in [9.17, 15) is 0 Å².